The first-order valence-corrected chi connectivity index (χ1v) is 10.9. The molecule has 1 atom stereocenters. The van der Waals surface area contributed by atoms with E-state index in [2.05, 4.69) is 20.7 Å². The second kappa shape index (κ2) is 9.55. The molecule has 3 heterocycles. The van der Waals surface area contributed by atoms with Crippen molar-refractivity contribution in [3.63, 3.8) is 0 Å². The van der Waals surface area contributed by atoms with Crippen LogP contribution in [0.15, 0.2) is 42.7 Å². The molecule has 184 valence electrons. The summed E-state index contributed by atoms with van der Waals surface area (Å²) >= 11 is 5.86. The van der Waals surface area contributed by atoms with Crippen molar-refractivity contribution < 1.29 is 27.9 Å². The number of benzene rings is 1. The van der Waals surface area contributed by atoms with Gasteiger partial charge in [0.15, 0.2) is 5.69 Å². The molecule has 1 aliphatic rings. The number of halogens is 4. The summed E-state index contributed by atoms with van der Waals surface area (Å²) in [5.74, 6) is -0.873. The predicted octanol–water partition coefficient (Wildman–Crippen LogP) is 3.83. The number of rotatable bonds is 6. The minimum atomic E-state index is -4.62. The third kappa shape index (κ3) is 4.80. The maximum atomic E-state index is 13.4. The Labute approximate surface area is 202 Å². The van der Waals surface area contributed by atoms with Crippen LogP contribution in [-0.2, 0) is 6.18 Å². The molecular formula is C22H20ClF3N6O3. The molecule has 0 fully saturated rings. The molecule has 1 unspecified atom stereocenters. The molecule has 9 nitrogen and oxygen atoms in total. The molecule has 0 aliphatic carbocycles. The van der Waals surface area contributed by atoms with E-state index < -0.39 is 28.6 Å². The van der Waals surface area contributed by atoms with Crippen LogP contribution in [0, 0.1) is 0 Å². The maximum absolute atomic E-state index is 13.4. The van der Waals surface area contributed by atoms with Crippen LogP contribution in [0.4, 0.5) is 30.4 Å². The van der Waals surface area contributed by atoms with E-state index in [-0.39, 0.29) is 54.2 Å². The lowest BCUT2D eigenvalue weighted by Crippen LogP contribution is -2.43. The molecule has 0 saturated carbocycles. The largest absolute Gasteiger partial charge is 0.417 e. The Morgan fingerprint density at radius 3 is 2.77 bits per heavy atom. The summed E-state index contributed by atoms with van der Waals surface area (Å²) < 4.78 is 40.7. The second-order valence-corrected chi connectivity index (χ2v) is 8.19. The van der Waals surface area contributed by atoms with Crippen LogP contribution in [0.1, 0.15) is 39.4 Å². The maximum Gasteiger partial charge on any atom is 0.417 e. The molecule has 1 aromatic carbocycles. The molecule has 35 heavy (non-hydrogen) atoms. The number of aliphatic hydroxyl groups is 1. The Morgan fingerprint density at radius 1 is 1.31 bits per heavy atom. The molecule has 2 aromatic heterocycles. The molecular weight excluding hydrogens is 489 g/mol. The van der Waals surface area contributed by atoms with Gasteiger partial charge in [-0.05, 0) is 37.3 Å². The van der Waals surface area contributed by atoms with Gasteiger partial charge < -0.3 is 20.6 Å². The van der Waals surface area contributed by atoms with Crippen LogP contribution < -0.4 is 15.5 Å². The molecule has 2 amide bonds. The predicted molar refractivity (Wildman–Crippen MR) is 123 cm³/mol. The van der Waals surface area contributed by atoms with Crippen LogP contribution in [0.5, 0.6) is 0 Å². The smallest absolute Gasteiger partial charge is 0.395 e. The highest BCUT2D eigenvalue weighted by Crippen LogP contribution is 2.38. The lowest BCUT2D eigenvalue weighted by molar-refractivity contribution is -0.137. The van der Waals surface area contributed by atoms with E-state index in [9.17, 15) is 22.8 Å². The van der Waals surface area contributed by atoms with Gasteiger partial charge in [0.2, 0.25) is 0 Å². The Hall–Kier alpha value is -3.64. The fraction of sp³-hybridized carbons (Fsp3) is 0.273. The van der Waals surface area contributed by atoms with Crippen molar-refractivity contribution in [2.45, 2.75) is 19.1 Å². The zero-order chi connectivity index (χ0) is 25.3. The molecule has 3 aromatic rings. The molecule has 0 radical (unpaired) electrons. The van der Waals surface area contributed by atoms with Crippen molar-refractivity contribution in [1.82, 2.24) is 14.8 Å². The number of hydrogen-bond acceptors (Lipinski definition) is 6. The van der Waals surface area contributed by atoms with Gasteiger partial charge in [-0.3, -0.25) is 14.3 Å². The summed E-state index contributed by atoms with van der Waals surface area (Å²) in [5.41, 5.74) is -0.426. The number of nitrogens with zero attached hydrogens (tertiary/aromatic N) is 4. The van der Waals surface area contributed by atoms with Crippen molar-refractivity contribution in [2.75, 3.05) is 35.2 Å². The molecule has 4 rings (SSSR count). The second-order valence-electron chi connectivity index (χ2n) is 7.78. The molecule has 3 N–H and O–H groups in total. The number of fused-ring (bicyclic) bond motifs is 1. The number of anilines is 3. The molecule has 1 aliphatic heterocycles. The number of aromatic nitrogens is 3. The van der Waals surface area contributed by atoms with E-state index >= 15 is 0 Å². The zero-order valence-electron chi connectivity index (χ0n) is 18.3. The number of pyridine rings is 1. The molecule has 13 heteroatoms. The average molecular weight is 509 g/mol. The van der Waals surface area contributed by atoms with Crippen LogP contribution in [0.25, 0.3) is 0 Å². The Morgan fingerprint density at radius 2 is 2.09 bits per heavy atom. The number of carbonyl (C=O) groups is 2. The Bertz CT molecular complexity index is 1280. The quantitative estimate of drug-likeness (QED) is 0.466. The van der Waals surface area contributed by atoms with E-state index in [1.54, 1.807) is 13.0 Å². The van der Waals surface area contributed by atoms with Crippen molar-refractivity contribution in [3.8, 4) is 0 Å². The number of amides is 2. The highest BCUT2D eigenvalue weighted by Gasteiger charge is 2.36. The number of nitrogens with one attached hydrogen (secondary N) is 2. The summed E-state index contributed by atoms with van der Waals surface area (Å²) in [6.07, 6.45) is -1.80. The summed E-state index contributed by atoms with van der Waals surface area (Å²) in [6.45, 7) is 1.94. The number of carbonyl (C=O) groups excluding carboxylic acids is 2. The van der Waals surface area contributed by atoms with E-state index in [1.807, 2.05) is 0 Å². The van der Waals surface area contributed by atoms with E-state index in [4.69, 9.17) is 16.7 Å². The van der Waals surface area contributed by atoms with Crippen LogP contribution in [-0.4, -0.2) is 51.4 Å². The first kappa shape index (κ1) is 24.5. The lowest BCUT2D eigenvalue weighted by Gasteiger charge is -2.32. The molecule has 0 bridgehead atoms. The monoisotopic (exact) mass is 508 g/mol. The standard InChI is InChI=1S/C22H20ClF3N6O3/c1-12-11-31(13-4-5-15(16(23)9-13)22(24,25)26)21(35)18-17(10-29-32(12)18)30-20(34)14-3-2-6-27-19(14)28-7-8-33/h2-6,9-10,12,33H,7-8,11H2,1H3,(H,27,28)(H,30,34). The minimum absolute atomic E-state index is 0.0712. The van der Waals surface area contributed by atoms with Crippen LogP contribution in [0.2, 0.25) is 5.02 Å². The molecule has 0 saturated heterocycles. The summed E-state index contributed by atoms with van der Waals surface area (Å²) in [5, 5.41) is 18.2. The van der Waals surface area contributed by atoms with Gasteiger partial charge >= 0.3 is 6.18 Å². The van der Waals surface area contributed by atoms with Crippen molar-refractivity contribution >= 4 is 40.6 Å². The van der Waals surface area contributed by atoms with Gasteiger partial charge in [-0.1, -0.05) is 11.6 Å². The van der Waals surface area contributed by atoms with E-state index in [0.29, 0.717) is 0 Å². The van der Waals surface area contributed by atoms with Crippen molar-refractivity contribution in [2.24, 2.45) is 0 Å². The summed E-state index contributed by atoms with van der Waals surface area (Å²) in [4.78, 5) is 31.7. The third-order valence-corrected chi connectivity index (χ3v) is 5.69. The highest BCUT2D eigenvalue weighted by atomic mass is 35.5. The summed E-state index contributed by atoms with van der Waals surface area (Å²) in [6, 6.07) is 5.85. The van der Waals surface area contributed by atoms with E-state index in [0.717, 1.165) is 12.1 Å². The van der Waals surface area contributed by atoms with Crippen LogP contribution in [0.3, 0.4) is 0 Å². The Balaban J connectivity index is 1.64. The van der Waals surface area contributed by atoms with Crippen molar-refractivity contribution in [1.29, 1.82) is 0 Å². The number of hydrogen-bond donors (Lipinski definition) is 3. The SMILES string of the molecule is CC1CN(c2ccc(C(F)(F)F)c(Cl)c2)C(=O)c2c(NC(=O)c3cccnc3NCCO)cnn21. The topological polar surface area (TPSA) is 112 Å². The van der Waals surface area contributed by atoms with Gasteiger partial charge in [0, 0.05) is 25.0 Å². The fourth-order valence-corrected chi connectivity index (χ4v) is 4.05. The number of aliphatic hydroxyl groups excluding tert-OH is 1. The normalized spacial score (nSPS) is 15.7. The zero-order valence-corrected chi connectivity index (χ0v) is 19.1. The van der Waals surface area contributed by atoms with Crippen molar-refractivity contribution in [3.05, 3.63) is 64.6 Å². The number of alkyl halides is 3. The molecule has 0 spiro atoms. The highest BCUT2D eigenvalue weighted by molar-refractivity contribution is 6.31. The first-order valence-electron chi connectivity index (χ1n) is 10.5. The lowest BCUT2D eigenvalue weighted by atomic mass is 10.1. The van der Waals surface area contributed by atoms with Gasteiger partial charge in [-0.25, -0.2) is 4.98 Å². The minimum Gasteiger partial charge on any atom is -0.395 e. The summed E-state index contributed by atoms with van der Waals surface area (Å²) in [7, 11) is 0. The first-order chi connectivity index (χ1) is 16.6. The third-order valence-electron chi connectivity index (χ3n) is 5.38. The van der Waals surface area contributed by atoms with E-state index in [1.165, 1.54) is 34.1 Å². The van der Waals surface area contributed by atoms with Crippen LogP contribution >= 0.6 is 11.6 Å². The van der Waals surface area contributed by atoms with Gasteiger partial charge in [0.25, 0.3) is 11.8 Å². The Kier molecular flexibility index (Phi) is 6.68. The fourth-order valence-electron chi connectivity index (χ4n) is 3.77. The van der Waals surface area contributed by atoms with Gasteiger partial charge in [-0.15, -0.1) is 0 Å². The van der Waals surface area contributed by atoms with Gasteiger partial charge in [0.1, 0.15) is 5.82 Å². The van der Waals surface area contributed by atoms with Gasteiger partial charge in [0.05, 0.1) is 40.7 Å². The van der Waals surface area contributed by atoms with Gasteiger partial charge in [-0.2, -0.15) is 18.3 Å². The average Bonchev–Trinajstić information content (AvgIpc) is 3.23.